The van der Waals surface area contributed by atoms with Crippen LogP contribution >= 0.6 is 15.9 Å². The second-order valence-electron chi connectivity index (χ2n) is 5.90. The molecule has 0 bridgehead atoms. The van der Waals surface area contributed by atoms with Crippen molar-refractivity contribution < 1.29 is 18.3 Å². The van der Waals surface area contributed by atoms with Gasteiger partial charge in [0.2, 0.25) is 0 Å². The van der Waals surface area contributed by atoms with Crippen LogP contribution in [0.5, 0.6) is 5.75 Å². The first-order valence-corrected chi connectivity index (χ1v) is 8.77. The fourth-order valence-corrected chi connectivity index (χ4v) is 2.70. The highest BCUT2D eigenvalue weighted by molar-refractivity contribution is 9.10. The van der Waals surface area contributed by atoms with Crippen molar-refractivity contribution in [3.63, 3.8) is 0 Å². The summed E-state index contributed by atoms with van der Waals surface area (Å²) >= 11 is 3.17. The maximum Gasteiger partial charge on any atom is 0.291 e. The molecule has 6 heteroatoms. The van der Waals surface area contributed by atoms with Gasteiger partial charge in [0.15, 0.2) is 5.76 Å². The molecular weight excluding hydrogens is 401 g/mol. The number of hydrogen-bond donors (Lipinski definition) is 1. The minimum absolute atomic E-state index is 0.0859. The monoisotopic (exact) mass is 417 g/mol. The first-order valence-electron chi connectivity index (χ1n) is 7.97. The minimum Gasteiger partial charge on any atom is -0.485 e. The van der Waals surface area contributed by atoms with Crippen molar-refractivity contribution in [3.8, 4) is 5.75 Å². The number of ether oxygens (including phenoxy) is 1. The van der Waals surface area contributed by atoms with Gasteiger partial charge in [-0.1, -0.05) is 28.1 Å². The molecule has 3 aromatic rings. The Morgan fingerprint density at radius 3 is 2.73 bits per heavy atom. The summed E-state index contributed by atoms with van der Waals surface area (Å²) in [4.78, 5) is 12.2. The van der Waals surface area contributed by atoms with E-state index in [0.29, 0.717) is 10.2 Å². The fourth-order valence-electron chi connectivity index (χ4n) is 2.36. The van der Waals surface area contributed by atoms with Gasteiger partial charge in [0.1, 0.15) is 23.9 Å². The van der Waals surface area contributed by atoms with Crippen molar-refractivity contribution in [1.82, 2.24) is 0 Å². The lowest BCUT2D eigenvalue weighted by Gasteiger charge is -2.08. The molecule has 1 N–H and O–H groups in total. The van der Waals surface area contributed by atoms with Crippen molar-refractivity contribution in [2.24, 2.45) is 0 Å². The Bertz CT molecular complexity index is 952. The summed E-state index contributed by atoms with van der Waals surface area (Å²) in [7, 11) is 0. The van der Waals surface area contributed by atoms with Gasteiger partial charge in [-0.15, -0.1) is 0 Å². The number of rotatable bonds is 5. The summed E-state index contributed by atoms with van der Waals surface area (Å²) in [6, 6.07) is 13.5. The fraction of sp³-hybridized carbons (Fsp3) is 0.150. The molecule has 0 spiro atoms. The number of halogens is 2. The molecule has 0 saturated heterocycles. The van der Waals surface area contributed by atoms with Crippen LogP contribution in [0.2, 0.25) is 0 Å². The average molecular weight is 418 g/mol. The van der Waals surface area contributed by atoms with E-state index >= 15 is 0 Å². The van der Waals surface area contributed by atoms with Gasteiger partial charge in [-0.05, 0) is 61.4 Å². The SMILES string of the molecule is Cc1ccc(C)c(OCc2ccc(C(=O)Nc3ccc(Br)cc3F)o2)c1. The Morgan fingerprint density at radius 1 is 1.15 bits per heavy atom. The van der Waals surface area contributed by atoms with Gasteiger partial charge >= 0.3 is 0 Å². The number of aryl methyl sites for hydroxylation is 2. The quantitative estimate of drug-likeness (QED) is 0.585. The third-order valence-electron chi connectivity index (χ3n) is 3.78. The van der Waals surface area contributed by atoms with E-state index < -0.39 is 11.7 Å². The van der Waals surface area contributed by atoms with Crippen LogP contribution in [0.15, 0.2) is 57.4 Å². The minimum atomic E-state index is -0.530. The topological polar surface area (TPSA) is 51.5 Å². The van der Waals surface area contributed by atoms with Gasteiger partial charge in [0.25, 0.3) is 5.91 Å². The molecule has 0 aliphatic carbocycles. The molecule has 0 atom stereocenters. The van der Waals surface area contributed by atoms with Crippen LogP contribution in [-0.4, -0.2) is 5.91 Å². The van der Waals surface area contributed by atoms with E-state index in [4.69, 9.17) is 9.15 Å². The molecule has 1 aromatic heterocycles. The van der Waals surface area contributed by atoms with Gasteiger partial charge < -0.3 is 14.5 Å². The number of benzene rings is 2. The van der Waals surface area contributed by atoms with Gasteiger partial charge in [-0.3, -0.25) is 4.79 Å². The Morgan fingerprint density at radius 2 is 1.96 bits per heavy atom. The molecule has 3 rings (SSSR count). The number of furan rings is 1. The lowest BCUT2D eigenvalue weighted by molar-refractivity contribution is 0.0992. The van der Waals surface area contributed by atoms with E-state index in [-0.39, 0.29) is 18.1 Å². The third-order valence-corrected chi connectivity index (χ3v) is 4.27. The second kappa shape index (κ2) is 7.74. The summed E-state index contributed by atoms with van der Waals surface area (Å²) in [6.07, 6.45) is 0. The summed E-state index contributed by atoms with van der Waals surface area (Å²) in [5.74, 6) is 0.311. The molecule has 1 amide bonds. The predicted octanol–water partition coefficient (Wildman–Crippen LogP) is 5.63. The first-order chi connectivity index (χ1) is 12.4. The zero-order valence-corrected chi connectivity index (χ0v) is 15.9. The van der Waals surface area contributed by atoms with Crippen molar-refractivity contribution in [2.45, 2.75) is 20.5 Å². The van der Waals surface area contributed by atoms with Crippen molar-refractivity contribution in [1.29, 1.82) is 0 Å². The van der Waals surface area contributed by atoms with Crippen molar-refractivity contribution in [2.75, 3.05) is 5.32 Å². The van der Waals surface area contributed by atoms with Gasteiger partial charge in [0, 0.05) is 4.47 Å². The van der Waals surface area contributed by atoms with E-state index in [1.54, 1.807) is 12.1 Å². The molecule has 0 fully saturated rings. The standard InChI is InChI=1S/C20H17BrFNO3/c1-12-3-4-13(2)19(9-12)25-11-15-6-8-18(26-15)20(24)23-17-7-5-14(21)10-16(17)22/h3-10H,11H2,1-2H3,(H,23,24). The van der Waals surface area contributed by atoms with Gasteiger partial charge in [-0.2, -0.15) is 0 Å². The Balaban J connectivity index is 1.65. The largest absolute Gasteiger partial charge is 0.485 e. The van der Waals surface area contributed by atoms with E-state index in [0.717, 1.165) is 16.9 Å². The molecule has 0 radical (unpaired) electrons. The van der Waals surface area contributed by atoms with E-state index in [2.05, 4.69) is 21.2 Å². The molecule has 134 valence electrons. The molecular formula is C20H17BrFNO3. The van der Waals surface area contributed by atoms with Crippen LogP contribution in [0.1, 0.15) is 27.4 Å². The zero-order chi connectivity index (χ0) is 18.7. The van der Waals surface area contributed by atoms with Crippen LogP contribution in [0.4, 0.5) is 10.1 Å². The first kappa shape index (κ1) is 18.2. The number of anilines is 1. The number of carbonyl (C=O) groups excluding carboxylic acids is 1. The van der Waals surface area contributed by atoms with Crippen LogP contribution < -0.4 is 10.1 Å². The van der Waals surface area contributed by atoms with Crippen LogP contribution in [0.25, 0.3) is 0 Å². The second-order valence-corrected chi connectivity index (χ2v) is 6.82. The maximum atomic E-state index is 13.8. The van der Waals surface area contributed by atoms with E-state index in [9.17, 15) is 9.18 Å². The molecule has 0 aliphatic heterocycles. The highest BCUT2D eigenvalue weighted by Gasteiger charge is 2.14. The number of nitrogens with one attached hydrogen (secondary N) is 1. The summed E-state index contributed by atoms with van der Waals surface area (Å²) < 4.78 is 25.7. The number of hydrogen-bond acceptors (Lipinski definition) is 3. The van der Waals surface area contributed by atoms with E-state index in [1.807, 2.05) is 32.0 Å². The van der Waals surface area contributed by atoms with Crippen LogP contribution in [0, 0.1) is 19.7 Å². The third kappa shape index (κ3) is 4.32. The number of carbonyl (C=O) groups is 1. The molecule has 0 saturated carbocycles. The average Bonchev–Trinajstić information content (AvgIpc) is 3.07. The summed E-state index contributed by atoms with van der Waals surface area (Å²) in [5.41, 5.74) is 2.20. The molecule has 0 aliphatic rings. The zero-order valence-electron chi connectivity index (χ0n) is 14.3. The highest BCUT2D eigenvalue weighted by Crippen LogP contribution is 2.22. The Kier molecular flexibility index (Phi) is 5.42. The van der Waals surface area contributed by atoms with Crippen LogP contribution in [0.3, 0.4) is 0 Å². The molecule has 2 aromatic carbocycles. The molecule has 1 heterocycles. The lowest BCUT2D eigenvalue weighted by Crippen LogP contribution is -2.12. The highest BCUT2D eigenvalue weighted by atomic mass is 79.9. The van der Waals surface area contributed by atoms with Crippen molar-refractivity contribution in [3.05, 3.63) is 81.5 Å². The lowest BCUT2D eigenvalue weighted by atomic mass is 10.1. The van der Waals surface area contributed by atoms with Crippen LogP contribution in [-0.2, 0) is 6.61 Å². The normalized spacial score (nSPS) is 10.6. The molecule has 0 unspecified atom stereocenters. The van der Waals surface area contributed by atoms with Gasteiger partial charge in [0.05, 0.1) is 5.69 Å². The Hall–Kier alpha value is -2.60. The number of amides is 1. The van der Waals surface area contributed by atoms with E-state index in [1.165, 1.54) is 18.2 Å². The molecule has 26 heavy (non-hydrogen) atoms. The van der Waals surface area contributed by atoms with Crippen molar-refractivity contribution >= 4 is 27.5 Å². The summed E-state index contributed by atoms with van der Waals surface area (Å²) in [6.45, 7) is 4.15. The molecule has 4 nitrogen and oxygen atoms in total. The van der Waals surface area contributed by atoms with Gasteiger partial charge in [-0.25, -0.2) is 4.39 Å². The maximum absolute atomic E-state index is 13.8. The predicted molar refractivity (Wildman–Crippen MR) is 101 cm³/mol. The Labute approximate surface area is 159 Å². The summed E-state index contributed by atoms with van der Waals surface area (Å²) in [5, 5.41) is 2.49. The smallest absolute Gasteiger partial charge is 0.291 e.